The van der Waals surface area contributed by atoms with Crippen LogP contribution in [0.4, 0.5) is 0 Å². The molecule has 0 fully saturated rings. The fraction of sp³-hybridized carbons (Fsp3) is 0.833. The van der Waals surface area contributed by atoms with Gasteiger partial charge in [0, 0.05) is 12.4 Å². The maximum atomic E-state index is 10.1. The van der Waals surface area contributed by atoms with E-state index in [2.05, 4.69) is 5.73 Å². The summed E-state index contributed by atoms with van der Waals surface area (Å²) in [6.07, 6.45) is -1.10. The lowest BCUT2D eigenvalue weighted by Crippen LogP contribution is -2.43. The molecule has 0 amide bonds. The molecule has 0 aromatic carbocycles. The van der Waals surface area contributed by atoms with Crippen LogP contribution in [0.2, 0.25) is 0 Å². The van der Waals surface area contributed by atoms with Crippen molar-refractivity contribution in [3.63, 3.8) is 0 Å². The first kappa shape index (κ1) is 35.6. The minimum absolute atomic E-state index is 0.139. The molecule has 182 valence electrons. The second-order valence-electron chi connectivity index (χ2n) is 7.91. The molecule has 0 aliphatic carbocycles. The van der Waals surface area contributed by atoms with Crippen molar-refractivity contribution in [2.24, 2.45) is 17.4 Å². The smallest absolute Gasteiger partial charge is 0.320 e. The first-order chi connectivity index (χ1) is 13.4. The normalized spacial score (nSPS) is 13.2. The molecule has 0 spiro atoms. The van der Waals surface area contributed by atoms with Crippen LogP contribution in [0.5, 0.6) is 0 Å². The summed E-state index contributed by atoms with van der Waals surface area (Å²) in [5.74, 6) is -2.73. The van der Waals surface area contributed by atoms with Gasteiger partial charge in [0.1, 0.15) is 18.7 Å². The molecule has 0 aromatic heterocycles. The quantitative estimate of drug-likeness (QED) is 0.178. The van der Waals surface area contributed by atoms with E-state index in [-0.39, 0.29) is 19.6 Å². The summed E-state index contributed by atoms with van der Waals surface area (Å²) in [6, 6.07) is -0.690. The fourth-order valence-electron chi connectivity index (χ4n) is 1.50. The second-order valence-corrected chi connectivity index (χ2v) is 7.91. The molecule has 0 bridgehead atoms. The maximum Gasteiger partial charge on any atom is 0.320 e. The van der Waals surface area contributed by atoms with Crippen LogP contribution in [-0.2, 0) is 14.4 Å². The van der Waals surface area contributed by atoms with Crippen molar-refractivity contribution in [1.82, 2.24) is 0 Å². The van der Waals surface area contributed by atoms with Crippen molar-refractivity contribution < 1.29 is 49.5 Å². The van der Waals surface area contributed by atoms with Crippen LogP contribution in [0, 0.1) is 5.92 Å². The van der Waals surface area contributed by atoms with Gasteiger partial charge in [-0.15, -0.1) is 0 Å². The molecule has 3 atom stereocenters. The minimum atomic E-state index is -1.20. The second kappa shape index (κ2) is 20.4. The molecule has 0 rings (SSSR count). The van der Waals surface area contributed by atoms with Crippen LogP contribution in [0.1, 0.15) is 33.6 Å². The Morgan fingerprint density at radius 3 is 1.53 bits per heavy atom. The molecule has 3 unspecified atom stereocenters. The highest BCUT2D eigenvalue weighted by atomic mass is 16.4. The number of aliphatic hydroxyl groups is 3. The number of carbonyl (C=O) groups is 3. The van der Waals surface area contributed by atoms with Gasteiger partial charge >= 0.3 is 11.9 Å². The van der Waals surface area contributed by atoms with Crippen molar-refractivity contribution in [1.29, 1.82) is 0 Å². The van der Waals surface area contributed by atoms with E-state index in [1.165, 1.54) is 6.92 Å². The largest absolute Gasteiger partial charge is 0.550 e. The van der Waals surface area contributed by atoms with E-state index < -0.39 is 36.2 Å². The highest BCUT2D eigenvalue weighted by molar-refractivity contribution is 5.73. The fourth-order valence-corrected chi connectivity index (χ4v) is 1.50. The van der Waals surface area contributed by atoms with E-state index in [0.717, 1.165) is 0 Å². The average Bonchev–Trinajstić information content (AvgIpc) is 2.53. The van der Waals surface area contributed by atoms with Gasteiger partial charge in [-0.2, -0.15) is 0 Å². The Morgan fingerprint density at radius 1 is 1.03 bits per heavy atom. The third-order valence-corrected chi connectivity index (χ3v) is 2.64. The molecule has 0 heterocycles. The average molecular weight is 444 g/mol. The van der Waals surface area contributed by atoms with Crippen molar-refractivity contribution in [2.45, 2.75) is 51.9 Å². The predicted octanol–water partition coefficient (Wildman–Crippen LogP) is -2.97. The van der Waals surface area contributed by atoms with E-state index in [0.29, 0.717) is 23.4 Å². The molecule has 30 heavy (non-hydrogen) atoms. The third kappa shape index (κ3) is 45.1. The number of rotatable bonds is 9. The molecule has 0 aliphatic rings. The molecule has 0 saturated heterocycles. The number of likely N-dealkylation sites (N-methyl/N-ethyl adjacent to an activating group) is 1. The van der Waals surface area contributed by atoms with Crippen molar-refractivity contribution in [2.75, 3.05) is 40.8 Å². The Kier molecular flexibility index (Phi) is 24.3. The van der Waals surface area contributed by atoms with E-state index >= 15 is 0 Å². The van der Waals surface area contributed by atoms with E-state index in [1.54, 1.807) is 0 Å². The number of carbonyl (C=O) groups excluding carboxylic acids is 1. The Hall–Kier alpha value is -1.83. The Labute approximate surface area is 178 Å². The van der Waals surface area contributed by atoms with Crippen molar-refractivity contribution in [3.8, 4) is 0 Å². The molecule has 0 aromatic rings. The number of aliphatic carboxylic acids is 3. The molecular formula is C18H41N3O9. The van der Waals surface area contributed by atoms with Gasteiger partial charge in [0.05, 0.1) is 40.4 Å². The van der Waals surface area contributed by atoms with Crippen LogP contribution in [0.15, 0.2) is 0 Å². The summed E-state index contributed by atoms with van der Waals surface area (Å²) >= 11 is 0. The number of quaternary nitrogens is 1. The topological polar surface area (TPSA) is 227 Å². The number of nitrogens with two attached hydrogens (primary N) is 2. The Bertz CT molecular complexity index is 453. The summed E-state index contributed by atoms with van der Waals surface area (Å²) in [5, 5.41) is 51.0. The zero-order chi connectivity index (χ0) is 25.1. The predicted molar refractivity (Wildman–Crippen MR) is 109 cm³/mol. The van der Waals surface area contributed by atoms with Gasteiger partial charge in [0.2, 0.25) is 0 Å². The SMILES string of the molecule is CC(C)CC(N)C(=O)O.CC(O)CO.C[N+](C)(C)CC(O)CC(=O)[O-].NCC(=O)O. The van der Waals surface area contributed by atoms with Gasteiger partial charge in [-0.1, -0.05) is 13.8 Å². The number of carboxylic acids is 3. The molecular weight excluding hydrogens is 402 g/mol. The van der Waals surface area contributed by atoms with Crippen molar-refractivity contribution >= 4 is 17.9 Å². The Balaban J connectivity index is -0.000000160. The van der Waals surface area contributed by atoms with Crippen molar-refractivity contribution in [3.05, 3.63) is 0 Å². The molecule has 12 nitrogen and oxygen atoms in total. The lowest BCUT2D eigenvalue weighted by Gasteiger charge is -2.26. The lowest BCUT2D eigenvalue weighted by molar-refractivity contribution is -0.873. The van der Waals surface area contributed by atoms with Crippen LogP contribution >= 0.6 is 0 Å². The van der Waals surface area contributed by atoms with Crippen LogP contribution in [0.3, 0.4) is 0 Å². The number of hydrogen-bond acceptors (Lipinski definition) is 9. The minimum Gasteiger partial charge on any atom is -0.550 e. The number of hydrogen-bond donors (Lipinski definition) is 7. The van der Waals surface area contributed by atoms with Crippen LogP contribution in [0.25, 0.3) is 0 Å². The number of nitrogens with zero attached hydrogens (tertiary/aromatic N) is 1. The zero-order valence-corrected chi connectivity index (χ0v) is 18.8. The summed E-state index contributed by atoms with van der Waals surface area (Å²) in [5.41, 5.74) is 9.79. The van der Waals surface area contributed by atoms with E-state index in [4.69, 9.17) is 31.3 Å². The zero-order valence-electron chi connectivity index (χ0n) is 18.8. The highest BCUT2D eigenvalue weighted by Crippen LogP contribution is 2.01. The number of carboxylic acid groups (broad SMARTS) is 3. The Morgan fingerprint density at radius 2 is 1.40 bits per heavy atom. The monoisotopic (exact) mass is 443 g/mol. The van der Waals surface area contributed by atoms with Crippen LogP contribution in [-0.4, -0.2) is 107 Å². The standard InChI is InChI=1S/C7H15NO3.C6H13NO2.C3H8O2.C2H5NO2/c1-8(2,3)5-6(9)4-7(10)11;1-4(2)3-5(7)6(8)9;1-3(5)2-4;3-1-2(4)5/h6,9H,4-5H2,1-3H3;4-5H,3,7H2,1-2H3,(H,8,9);3-5H,2H2,1H3;1,3H2,(H,4,5). The van der Waals surface area contributed by atoms with Gasteiger partial charge in [0.15, 0.2) is 0 Å². The molecule has 0 saturated carbocycles. The van der Waals surface area contributed by atoms with Gasteiger partial charge in [-0.25, -0.2) is 0 Å². The van der Waals surface area contributed by atoms with Gasteiger partial charge in [-0.05, 0) is 19.3 Å². The van der Waals surface area contributed by atoms with Gasteiger partial charge in [0.25, 0.3) is 0 Å². The molecule has 0 radical (unpaired) electrons. The van der Waals surface area contributed by atoms with Gasteiger partial charge < -0.3 is 51.4 Å². The van der Waals surface area contributed by atoms with Crippen LogP contribution < -0.4 is 16.6 Å². The maximum absolute atomic E-state index is 10.1. The van der Waals surface area contributed by atoms with Gasteiger partial charge in [-0.3, -0.25) is 9.59 Å². The third-order valence-electron chi connectivity index (χ3n) is 2.64. The summed E-state index contributed by atoms with van der Waals surface area (Å²) in [6.45, 7) is 5.43. The van der Waals surface area contributed by atoms with E-state index in [9.17, 15) is 19.5 Å². The summed E-state index contributed by atoms with van der Waals surface area (Å²) < 4.78 is 0.550. The first-order valence-corrected chi connectivity index (χ1v) is 9.26. The summed E-state index contributed by atoms with van der Waals surface area (Å²) in [7, 11) is 5.66. The number of aliphatic hydroxyl groups excluding tert-OH is 3. The lowest BCUT2D eigenvalue weighted by atomic mass is 10.1. The highest BCUT2D eigenvalue weighted by Gasteiger charge is 2.15. The molecule has 12 heteroatoms. The summed E-state index contributed by atoms with van der Waals surface area (Å²) in [4.78, 5) is 29.4. The first-order valence-electron chi connectivity index (χ1n) is 9.26. The molecule has 0 aliphatic heterocycles. The molecule has 9 N–H and O–H groups in total. The van der Waals surface area contributed by atoms with E-state index in [1.807, 2.05) is 35.0 Å².